The molecule has 0 amide bonds. The minimum absolute atomic E-state index is 0.329. The van der Waals surface area contributed by atoms with E-state index in [2.05, 4.69) is 27.7 Å². The summed E-state index contributed by atoms with van der Waals surface area (Å²) in [4.78, 5) is 9.16. The van der Waals surface area contributed by atoms with Gasteiger partial charge in [0.2, 0.25) is 7.37 Å². The summed E-state index contributed by atoms with van der Waals surface area (Å²) in [6, 6.07) is 0. The fourth-order valence-electron chi connectivity index (χ4n) is 2.91. The molecule has 0 aliphatic carbocycles. The first-order valence-electron chi connectivity index (χ1n) is 8.91. The van der Waals surface area contributed by atoms with Crippen molar-refractivity contribution in [3.63, 3.8) is 0 Å². The second kappa shape index (κ2) is 12.8. The highest BCUT2D eigenvalue weighted by atomic mass is 31.2. The van der Waals surface area contributed by atoms with Crippen LogP contribution in [0.4, 0.5) is 0 Å². The molecular formula is C16H36O4P2. The highest BCUT2D eigenvalue weighted by molar-refractivity contribution is 7.64. The van der Waals surface area contributed by atoms with Gasteiger partial charge in [0.15, 0.2) is 0 Å². The van der Waals surface area contributed by atoms with Gasteiger partial charge in [0, 0.05) is 12.3 Å². The van der Waals surface area contributed by atoms with E-state index < -0.39 is 15.6 Å². The van der Waals surface area contributed by atoms with Crippen LogP contribution in [0.2, 0.25) is 0 Å². The van der Waals surface area contributed by atoms with Gasteiger partial charge in [-0.25, -0.2) is 0 Å². The van der Waals surface area contributed by atoms with Crippen LogP contribution in [-0.2, 0) is 13.4 Å². The van der Waals surface area contributed by atoms with E-state index in [0.29, 0.717) is 24.2 Å². The van der Waals surface area contributed by atoms with Gasteiger partial charge in [0.25, 0.3) is 0 Å². The number of hydrogen-bond acceptors (Lipinski definition) is 3. The van der Waals surface area contributed by atoms with Crippen LogP contribution < -0.4 is 0 Å². The van der Waals surface area contributed by atoms with Gasteiger partial charge in [-0.15, -0.1) is 0 Å². The Kier molecular flexibility index (Phi) is 13.0. The quantitative estimate of drug-likeness (QED) is 0.383. The maximum Gasteiger partial charge on any atom is 0.322 e. The van der Waals surface area contributed by atoms with Crippen molar-refractivity contribution in [2.75, 3.05) is 12.3 Å². The van der Waals surface area contributed by atoms with Gasteiger partial charge >= 0.3 is 8.25 Å². The molecule has 0 radical (unpaired) electrons. The molecule has 3 unspecified atom stereocenters. The van der Waals surface area contributed by atoms with Crippen molar-refractivity contribution in [3.8, 4) is 0 Å². The number of rotatable bonds is 14. The second-order valence-corrected chi connectivity index (χ2v) is 9.99. The molecule has 3 atom stereocenters. The third-order valence-electron chi connectivity index (χ3n) is 4.40. The SMILES string of the molecule is CCCCC(CC)CP(=O)(CC(CC)CCCC)O[PH](=O)O. The van der Waals surface area contributed by atoms with Crippen LogP contribution in [0, 0.1) is 11.8 Å². The molecule has 0 rings (SSSR count). The molecule has 0 aromatic heterocycles. The molecular weight excluding hydrogens is 318 g/mol. The fourth-order valence-corrected chi connectivity index (χ4v) is 7.25. The maximum absolute atomic E-state index is 13.1. The van der Waals surface area contributed by atoms with E-state index in [1.165, 1.54) is 0 Å². The summed E-state index contributed by atoms with van der Waals surface area (Å²) in [5.41, 5.74) is 0. The van der Waals surface area contributed by atoms with E-state index in [1.807, 2.05) is 0 Å². The second-order valence-electron chi connectivity index (χ2n) is 6.37. The van der Waals surface area contributed by atoms with Crippen molar-refractivity contribution < 1.29 is 18.3 Å². The van der Waals surface area contributed by atoms with Crippen LogP contribution in [-0.4, -0.2) is 17.2 Å². The Morgan fingerprint density at radius 3 is 1.64 bits per heavy atom. The minimum Gasteiger partial charge on any atom is -0.326 e. The molecule has 22 heavy (non-hydrogen) atoms. The highest BCUT2D eigenvalue weighted by Crippen LogP contribution is 2.57. The first-order valence-corrected chi connectivity index (χ1v) is 12.2. The van der Waals surface area contributed by atoms with Crippen molar-refractivity contribution in [2.24, 2.45) is 11.8 Å². The Balaban J connectivity index is 4.87. The zero-order valence-electron chi connectivity index (χ0n) is 14.8. The predicted molar refractivity (Wildman–Crippen MR) is 96.3 cm³/mol. The Bertz CT molecular complexity index is 325. The van der Waals surface area contributed by atoms with Gasteiger partial charge in [0.1, 0.15) is 0 Å². The molecule has 0 spiro atoms. The lowest BCUT2D eigenvalue weighted by molar-refractivity contribution is 0.382. The number of unbranched alkanes of at least 4 members (excludes halogenated alkanes) is 2. The van der Waals surface area contributed by atoms with Crippen LogP contribution in [0.15, 0.2) is 0 Å². The van der Waals surface area contributed by atoms with Crippen LogP contribution in [0.5, 0.6) is 0 Å². The summed E-state index contributed by atoms with van der Waals surface area (Å²) in [5, 5.41) is 0. The standard InChI is InChI=1S/C16H36O4P2/c1-5-9-11-15(7-3)13-22(19,20-21(17)18)14-16(8-4)12-10-6-2/h15-16,21H,5-14H2,1-4H3,(H,17,18). The van der Waals surface area contributed by atoms with Gasteiger partial charge in [-0.3, -0.25) is 13.4 Å². The third-order valence-corrected chi connectivity index (χ3v) is 8.50. The largest absolute Gasteiger partial charge is 0.326 e. The van der Waals surface area contributed by atoms with E-state index in [9.17, 15) is 9.13 Å². The molecule has 0 fully saturated rings. The van der Waals surface area contributed by atoms with Crippen molar-refractivity contribution in [3.05, 3.63) is 0 Å². The van der Waals surface area contributed by atoms with E-state index in [0.717, 1.165) is 51.4 Å². The smallest absolute Gasteiger partial charge is 0.322 e. The van der Waals surface area contributed by atoms with E-state index in [-0.39, 0.29) is 0 Å². The molecule has 0 saturated heterocycles. The lowest BCUT2D eigenvalue weighted by atomic mass is 10.0. The Hall–Kier alpha value is 0.380. The van der Waals surface area contributed by atoms with E-state index >= 15 is 0 Å². The monoisotopic (exact) mass is 354 g/mol. The summed E-state index contributed by atoms with van der Waals surface area (Å²) < 4.78 is 29.4. The molecule has 6 heteroatoms. The molecule has 4 nitrogen and oxygen atoms in total. The number of hydrogen-bond donors (Lipinski definition) is 1. The molecule has 0 saturated carbocycles. The Morgan fingerprint density at radius 2 is 1.36 bits per heavy atom. The zero-order chi connectivity index (χ0) is 17.0. The Labute approximate surface area is 137 Å². The first-order chi connectivity index (χ1) is 10.4. The third kappa shape index (κ3) is 10.2. The van der Waals surface area contributed by atoms with Crippen LogP contribution >= 0.6 is 15.6 Å². The van der Waals surface area contributed by atoms with Crippen LogP contribution in [0.25, 0.3) is 0 Å². The van der Waals surface area contributed by atoms with Crippen LogP contribution in [0.1, 0.15) is 79.1 Å². The molecule has 134 valence electrons. The summed E-state index contributed by atoms with van der Waals surface area (Å²) in [5.74, 6) is 0.659. The highest BCUT2D eigenvalue weighted by Gasteiger charge is 2.31. The Morgan fingerprint density at radius 1 is 0.955 bits per heavy atom. The average molecular weight is 354 g/mol. The summed E-state index contributed by atoms with van der Waals surface area (Å²) in [6.45, 7) is 8.49. The molecule has 0 aromatic carbocycles. The summed E-state index contributed by atoms with van der Waals surface area (Å²) in [7, 11) is -6.17. The van der Waals surface area contributed by atoms with Gasteiger partial charge < -0.3 is 4.89 Å². The van der Waals surface area contributed by atoms with Gasteiger partial charge in [0.05, 0.1) is 0 Å². The van der Waals surface area contributed by atoms with Crippen molar-refractivity contribution >= 4 is 15.6 Å². The normalized spacial score (nSPS) is 18.6. The van der Waals surface area contributed by atoms with Gasteiger partial charge in [-0.05, 0) is 24.7 Å². The molecule has 0 bridgehead atoms. The summed E-state index contributed by atoms with van der Waals surface area (Å²) in [6.07, 6.45) is 9.33. The van der Waals surface area contributed by atoms with Crippen molar-refractivity contribution in [1.82, 2.24) is 0 Å². The maximum atomic E-state index is 13.1. The van der Waals surface area contributed by atoms with Crippen molar-refractivity contribution in [2.45, 2.75) is 79.1 Å². The molecule has 1 N–H and O–H groups in total. The average Bonchev–Trinajstić information content (AvgIpc) is 2.47. The molecule has 0 aliphatic heterocycles. The van der Waals surface area contributed by atoms with Gasteiger partial charge in [-0.2, -0.15) is 0 Å². The molecule has 0 aromatic rings. The van der Waals surface area contributed by atoms with E-state index in [1.54, 1.807) is 0 Å². The first kappa shape index (κ1) is 22.4. The van der Waals surface area contributed by atoms with Crippen LogP contribution in [0.3, 0.4) is 0 Å². The predicted octanol–water partition coefficient (Wildman–Crippen LogP) is 6.10. The molecule has 0 heterocycles. The summed E-state index contributed by atoms with van der Waals surface area (Å²) >= 11 is 0. The molecule has 0 aliphatic rings. The van der Waals surface area contributed by atoms with E-state index in [4.69, 9.17) is 9.20 Å². The lowest BCUT2D eigenvalue weighted by Crippen LogP contribution is -2.13. The van der Waals surface area contributed by atoms with Gasteiger partial charge in [-0.1, -0.05) is 66.2 Å². The zero-order valence-corrected chi connectivity index (χ0v) is 16.7. The minimum atomic E-state index is -3.15. The topological polar surface area (TPSA) is 63.6 Å². The van der Waals surface area contributed by atoms with Crippen molar-refractivity contribution in [1.29, 1.82) is 0 Å². The fraction of sp³-hybridized carbons (Fsp3) is 1.00. The lowest BCUT2D eigenvalue weighted by Gasteiger charge is -2.26.